The van der Waals surface area contributed by atoms with Crippen LogP contribution >= 0.6 is 0 Å². The van der Waals surface area contributed by atoms with Gasteiger partial charge in [0.05, 0.1) is 12.0 Å². The Labute approximate surface area is 141 Å². The lowest BCUT2D eigenvalue weighted by Gasteiger charge is -2.31. The topological polar surface area (TPSA) is 72.9 Å². The van der Waals surface area contributed by atoms with Gasteiger partial charge in [-0.3, -0.25) is 14.5 Å². The van der Waals surface area contributed by atoms with Crippen molar-refractivity contribution in [1.29, 1.82) is 0 Å². The minimum absolute atomic E-state index is 0.0442. The van der Waals surface area contributed by atoms with E-state index in [9.17, 15) is 14.7 Å². The van der Waals surface area contributed by atoms with Gasteiger partial charge in [0.2, 0.25) is 11.8 Å². The van der Waals surface area contributed by atoms with Crippen LogP contribution in [0.5, 0.6) is 5.75 Å². The third-order valence-electron chi connectivity index (χ3n) is 5.68. The first-order valence-corrected chi connectivity index (χ1v) is 8.73. The van der Waals surface area contributed by atoms with Crippen LogP contribution in [-0.2, 0) is 9.59 Å². The second-order valence-electron chi connectivity index (χ2n) is 7.09. The van der Waals surface area contributed by atoms with E-state index in [4.69, 9.17) is 0 Å². The second-order valence-corrected chi connectivity index (χ2v) is 7.09. The molecular formula is C18H23N3O3. The lowest BCUT2D eigenvalue weighted by molar-refractivity contribution is -0.144. The Morgan fingerprint density at radius 1 is 1.08 bits per heavy atom. The van der Waals surface area contributed by atoms with Gasteiger partial charge in [0.15, 0.2) is 0 Å². The number of amides is 2. The van der Waals surface area contributed by atoms with Crippen LogP contribution in [0, 0.1) is 5.92 Å². The van der Waals surface area contributed by atoms with E-state index >= 15 is 0 Å². The first-order chi connectivity index (χ1) is 11.6. The maximum Gasteiger partial charge on any atom is 0.249 e. The van der Waals surface area contributed by atoms with Crippen molar-refractivity contribution in [2.75, 3.05) is 7.05 Å². The third-order valence-corrected chi connectivity index (χ3v) is 5.68. The maximum absolute atomic E-state index is 13.1. The van der Waals surface area contributed by atoms with Gasteiger partial charge in [-0.25, -0.2) is 10.4 Å². The molecule has 1 aromatic rings. The highest BCUT2D eigenvalue weighted by molar-refractivity contribution is 6.08. The van der Waals surface area contributed by atoms with Gasteiger partial charge in [0.25, 0.3) is 0 Å². The van der Waals surface area contributed by atoms with Crippen molar-refractivity contribution in [3.8, 4) is 5.75 Å². The second kappa shape index (κ2) is 5.86. The number of carbonyl (C=O) groups excluding carboxylic acids is 2. The van der Waals surface area contributed by atoms with Gasteiger partial charge >= 0.3 is 0 Å². The fourth-order valence-electron chi connectivity index (χ4n) is 4.52. The summed E-state index contributed by atoms with van der Waals surface area (Å²) < 4.78 is 0. The normalized spacial score (nSPS) is 31.7. The lowest BCUT2D eigenvalue weighted by atomic mass is 9.90. The third kappa shape index (κ3) is 2.24. The lowest BCUT2D eigenvalue weighted by Crippen LogP contribution is -2.47. The fraction of sp³-hybridized carbons (Fsp3) is 0.556. The number of carbonyl (C=O) groups is 2. The molecule has 1 saturated carbocycles. The zero-order valence-corrected chi connectivity index (χ0v) is 13.8. The number of hydrogen-bond acceptors (Lipinski definition) is 5. The van der Waals surface area contributed by atoms with Crippen molar-refractivity contribution in [3.05, 3.63) is 29.8 Å². The van der Waals surface area contributed by atoms with Gasteiger partial charge in [0, 0.05) is 18.7 Å². The number of aromatic hydroxyl groups is 1. The summed E-state index contributed by atoms with van der Waals surface area (Å²) in [5, 5.41) is 11.9. The first kappa shape index (κ1) is 15.6. The predicted octanol–water partition coefficient (Wildman–Crippen LogP) is 1.57. The zero-order valence-electron chi connectivity index (χ0n) is 13.8. The molecule has 2 saturated heterocycles. The molecule has 3 aliphatic rings. The number of para-hydroxylation sites is 1. The average molecular weight is 329 g/mol. The molecule has 0 radical (unpaired) electrons. The molecule has 3 fully saturated rings. The van der Waals surface area contributed by atoms with Gasteiger partial charge in [-0.1, -0.05) is 37.5 Å². The standard InChI is InChI=1S/C18H23N3O3/c1-20-16-14(15(19-20)12-9-5-6-10-13(12)22)17(23)21(18(16)24)11-7-3-2-4-8-11/h5-6,9-11,14-16,19,22H,2-4,7-8H2,1H3/t14-,15+,16-/m1/s1. The number of likely N-dealkylation sites (N-methyl/N-ethyl adjacent to an activating group) is 1. The van der Waals surface area contributed by atoms with Crippen molar-refractivity contribution < 1.29 is 14.7 Å². The van der Waals surface area contributed by atoms with Gasteiger partial charge in [-0.15, -0.1) is 0 Å². The monoisotopic (exact) mass is 329 g/mol. The van der Waals surface area contributed by atoms with Crippen LogP contribution in [-0.4, -0.2) is 46.0 Å². The summed E-state index contributed by atoms with van der Waals surface area (Å²) in [6.07, 6.45) is 5.16. The van der Waals surface area contributed by atoms with Crippen LogP contribution in [0.2, 0.25) is 0 Å². The van der Waals surface area contributed by atoms with Gasteiger partial charge in [-0.2, -0.15) is 0 Å². The molecule has 3 atom stereocenters. The Hall–Kier alpha value is -1.92. The summed E-state index contributed by atoms with van der Waals surface area (Å²) in [6, 6.07) is 6.21. The summed E-state index contributed by atoms with van der Waals surface area (Å²) in [4.78, 5) is 27.6. The maximum atomic E-state index is 13.1. The molecule has 1 aliphatic carbocycles. The number of phenols is 1. The number of hydrogen-bond donors (Lipinski definition) is 2. The summed E-state index contributed by atoms with van der Waals surface area (Å²) in [5.41, 5.74) is 3.87. The largest absolute Gasteiger partial charge is 0.508 e. The van der Waals surface area contributed by atoms with Crippen molar-refractivity contribution in [2.24, 2.45) is 5.92 Å². The first-order valence-electron chi connectivity index (χ1n) is 8.73. The molecule has 2 N–H and O–H groups in total. The number of nitrogens with one attached hydrogen (secondary N) is 1. The van der Waals surface area contributed by atoms with E-state index < -0.39 is 12.0 Å². The molecule has 1 aromatic carbocycles. The molecule has 0 spiro atoms. The van der Waals surface area contributed by atoms with E-state index in [2.05, 4.69) is 5.43 Å². The smallest absolute Gasteiger partial charge is 0.249 e. The average Bonchev–Trinajstić information content (AvgIpc) is 3.05. The van der Waals surface area contributed by atoms with E-state index in [1.54, 1.807) is 24.2 Å². The molecule has 0 unspecified atom stereocenters. The number of phenolic OH excluding ortho intramolecular Hbond substituents is 1. The molecule has 128 valence electrons. The van der Waals surface area contributed by atoms with E-state index in [1.807, 2.05) is 12.1 Å². The van der Waals surface area contributed by atoms with E-state index in [0.717, 1.165) is 25.7 Å². The molecule has 0 aromatic heterocycles. The van der Waals surface area contributed by atoms with Crippen LogP contribution in [0.4, 0.5) is 0 Å². The van der Waals surface area contributed by atoms with E-state index in [0.29, 0.717) is 5.56 Å². The Morgan fingerprint density at radius 2 is 1.79 bits per heavy atom. The number of likely N-dealkylation sites (tertiary alicyclic amines) is 1. The number of nitrogens with zero attached hydrogens (tertiary/aromatic N) is 2. The summed E-state index contributed by atoms with van der Waals surface area (Å²) in [6.45, 7) is 0. The van der Waals surface area contributed by atoms with Crippen LogP contribution < -0.4 is 5.43 Å². The summed E-state index contributed by atoms with van der Waals surface area (Å²) >= 11 is 0. The fourth-order valence-corrected chi connectivity index (χ4v) is 4.52. The highest BCUT2D eigenvalue weighted by Crippen LogP contribution is 2.43. The Balaban J connectivity index is 1.67. The molecule has 6 nitrogen and oxygen atoms in total. The van der Waals surface area contributed by atoms with Crippen LogP contribution in [0.3, 0.4) is 0 Å². The Kier molecular flexibility index (Phi) is 3.81. The minimum Gasteiger partial charge on any atom is -0.508 e. The highest BCUT2D eigenvalue weighted by Gasteiger charge is 2.59. The molecule has 0 bridgehead atoms. The van der Waals surface area contributed by atoms with Crippen LogP contribution in [0.15, 0.2) is 24.3 Å². The molecule has 6 heteroatoms. The van der Waals surface area contributed by atoms with Crippen molar-refractivity contribution >= 4 is 11.8 Å². The molecular weight excluding hydrogens is 306 g/mol. The Morgan fingerprint density at radius 3 is 2.50 bits per heavy atom. The summed E-state index contributed by atoms with van der Waals surface area (Å²) in [7, 11) is 1.80. The number of fused-ring (bicyclic) bond motifs is 1. The minimum atomic E-state index is -0.482. The molecule has 2 aliphatic heterocycles. The van der Waals surface area contributed by atoms with E-state index in [1.165, 1.54) is 11.3 Å². The van der Waals surface area contributed by atoms with Crippen LogP contribution in [0.25, 0.3) is 0 Å². The number of benzene rings is 1. The van der Waals surface area contributed by atoms with Gasteiger partial charge in [-0.05, 0) is 18.9 Å². The zero-order chi connectivity index (χ0) is 16.8. The van der Waals surface area contributed by atoms with Crippen molar-refractivity contribution in [2.45, 2.75) is 50.2 Å². The van der Waals surface area contributed by atoms with Crippen molar-refractivity contribution in [3.63, 3.8) is 0 Å². The van der Waals surface area contributed by atoms with Crippen molar-refractivity contribution in [1.82, 2.24) is 15.3 Å². The van der Waals surface area contributed by atoms with E-state index in [-0.39, 0.29) is 29.6 Å². The molecule has 4 rings (SSSR count). The summed E-state index contributed by atoms with van der Waals surface area (Å²) in [5.74, 6) is -0.509. The molecule has 2 amide bonds. The highest BCUT2D eigenvalue weighted by atomic mass is 16.3. The van der Waals surface area contributed by atoms with Gasteiger partial charge in [0.1, 0.15) is 11.8 Å². The SMILES string of the molecule is CN1N[C@@H](c2ccccc2O)[C@H]2C(=O)N(C3CCCCC3)C(=O)[C@@H]21. The molecule has 2 heterocycles. The quantitative estimate of drug-likeness (QED) is 0.806. The number of imide groups is 1. The number of hydrazine groups is 1. The molecule has 24 heavy (non-hydrogen) atoms. The predicted molar refractivity (Wildman–Crippen MR) is 87.8 cm³/mol. The van der Waals surface area contributed by atoms with Gasteiger partial charge < -0.3 is 5.11 Å². The van der Waals surface area contributed by atoms with Crippen LogP contribution in [0.1, 0.15) is 43.7 Å². The Bertz CT molecular complexity index is 671. The number of rotatable bonds is 2.